The van der Waals surface area contributed by atoms with Crippen molar-refractivity contribution in [1.82, 2.24) is 15.5 Å². The molecule has 5 nitrogen and oxygen atoms in total. The van der Waals surface area contributed by atoms with Gasteiger partial charge < -0.3 is 10.2 Å². The van der Waals surface area contributed by atoms with Crippen LogP contribution in [0.15, 0.2) is 36.4 Å². The molecule has 1 atom stereocenters. The van der Waals surface area contributed by atoms with Gasteiger partial charge in [0.25, 0.3) is 5.91 Å². The van der Waals surface area contributed by atoms with Crippen molar-refractivity contribution in [3.05, 3.63) is 47.8 Å². The molecule has 104 valence electrons. The minimum absolute atomic E-state index is 0.103. The number of hydrogen-bond acceptors (Lipinski definition) is 3. The Balaban J connectivity index is 1.59. The van der Waals surface area contributed by atoms with E-state index in [2.05, 4.69) is 32.5 Å². The summed E-state index contributed by atoms with van der Waals surface area (Å²) in [5, 5.41) is 9.82. The molecule has 1 unspecified atom stereocenters. The lowest BCUT2D eigenvalue weighted by atomic mass is 10.2. The molecule has 0 spiro atoms. The van der Waals surface area contributed by atoms with Crippen molar-refractivity contribution >= 4 is 11.6 Å². The summed E-state index contributed by atoms with van der Waals surface area (Å²) in [5.74, 6) is -0.103. The molecule has 2 N–H and O–H groups in total. The predicted molar refractivity (Wildman–Crippen MR) is 77.9 cm³/mol. The third-order valence-corrected chi connectivity index (χ3v) is 3.58. The van der Waals surface area contributed by atoms with Crippen molar-refractivity contribution in [3.8, 4) is 0 Å². The van der Waals surface area contributed by atoms with E-state index < -0.39 is 0 Å². The van der Waals surface area contributed by atoms with E-state index in [4.69, 9.17) is 0 Å². The Hall–Kier alpha value is -2.30. The monoisotopic (exact) mass is 270 g/mol. The molecule has 1 aliphatic rings. The van der Waals surface area contributed by atoms with Crippen LogP contribution < -0.4 is 10.2 Å². The molecular formula is C15H18N4O. The summed E-state index contributed by atoms with van der Waals surface area (Å²) in [6.45, 7) is 3.70. The molecule has 1 aliphatic heterocycles. The number of aromatic nitrogens is 2. The van der Waals surface area contributed by atoms with Gasteiger partial charge in [-0.3, -0.25) is 9.89 Å². The van der Waals surface area contributed by atoms with E-state index in [1.165, 1.54) is 5.69 Å². The van der Waals surface area contributed by atoms with Gasteiger partial charge >= 0.3 is 0 Å². The zero-order valence-corrected chi connectivity index (χ0v) is 11.5. The molecule has 2 aromatic rings. The summed E-state index contributed by atoms with van der Waals surface area (Å²) >= 11 is 0. The van der Waals surface area contributed by atoms with Gasteiger partial charge in [-0.15, -0.1) is 0 Å². The highest BCUT2D eigenvalue weighted by molar-refractivity contribution is 5.92. The zero-order valence-electron chi connectivity index (χ0n) is 11.5. The molecule has 3 rings (SSSR count). The third kappa shape index (κ3) is 2.66. The molecule has 1 fully saturated rings. The molecule has 0 radical (unpaired) electrons. The van der Waals surface area contributed by atoms with Crippen LogP contribution in [0.25, 0.3) is 0 Å². The van der Waals surface area contributed by atoms with Crippen molar-refractivity contribution < 1.29 is 4.79 Å². The van der Waals surface area contributed by atoms with Gasteiger partial charge in [0.1, 0.15) is 5.69 Å². The van der Waals surface area contributed by atoms with E-state index in [1.807, 2.05) is 25.1 Å². The van der Waals surface area contributed by atoms with E-state index in [-0.39, 0.29) is 11.9 Å². The lowest BCUT2D eigenvalue weighted by Crippen LogP contribution is -2.37. The van der Waals surface area contributed by atoms with Gasteiger partial charge in [0.05, 0.1) is 0 Å². The second-order valence-corrected chi connectivity index (χ2v) is 5.18. The van der Waals surface area contributed by atoms with Gasteiger partial charge in [-0.1, -0.05) is 18.2 Å². The van der Waals surface area contributed by atoms with Crippen molar-refractivity contribution in [2.24, 2.45) is 0 Å². The Bertz CT molecular complexity index is 593. The van der Waals surface area contributed by atoms with Crippen LogP contribution in [0.1, 0.15) is 22.6 Å². The molecular weight excluding hydrogens is 252 g/mol. The Labute approximate surface area is 118 Å². The predicted octanol–water partition coefficient (Wildman–Crippen LogP) is 1.73. The fourth-order valence-electron chi connectivity index (χ4n) is 2.55. The fraction of sp³-hybridized carbons (Fsp3) is 0.333. The quantitative estimate of drug-likeness (QED) is 0.893. The standard InChI is InChI=1S/C15H18N4O/c1-11-9-14(18-17-11)15(20)16-12-7-8-19(10-12)13-5-3-2-4-6-13/h2-6,9,12H,7-8,10H2,1H3,(H,16,20)(H,17,18). The maximum atomic E-state index is 12.0. The first-order valence-corrected chi connectivity index (χ1v) is 6.85. The minimum Gasteiger partial charge on any atom is -0.369 e. The molecule has 1 amide bonds. The molecule has 1 saturated heterocycles. The molecule has 2 heterocycles. The van der Waals surface area contributed by atoms with Gasteiger partial charge in [0, 0.05) is 30.5 Å². The highest BCUT2D eigenvalue weighted by atomic mass is 16.2. The Morgan fingerprint density at radius 3 is 2.90 bits per heavy atom. The molecule has 0 bridgehead atoms. The topological polar surface area (TPSA) is 61.0 Å². The summed E-state index contributed by atoms with van der Waals surface area (Å²) in [6, 6.07) is 12.2. The van der Waals surface area contributed by atoms with E-state index >= 15 is 0 Å². The largest absolute Gasteiger partial charge is 0.369 e. The summed E-state index contributed by atoms with van der Waals surface area (Å²) < 4.78 is 0. The molecule has 1 aromatic heterocycles. The maximum absolute atomic E-state index is 12.0. The maximum Gasteiger partial charge on any atom is 0.272 e. The first-order valence-electron chi connectivity index (χ1n) is 6.85. The Kier molecular flexibility index (Phi) is 3.41. The summed E-state index contributed by atoms with van der Waals surface area (Å²) in [4.78, 5) is 14.3. The fourth-order valence-corrected chi connectivity index (χ4v) is 2.55. The Morgan fingerprint density at radius 1 is 1.40 bits per heavy atom. The average Bonchev–Trinajstić information content (AvgIpc) is 3.09. The first-order chi connectivity index (χ1) is 9.72. The van der Waals surface area contributed by atoms with Crippen LogP contribution in [0.2, 0.25) is 0 Å². The average molecular weight is 270 g/mol. The van der Waals surface area contributed by atoms with Gasteiger partial charge in [0.15, 0.2) is 0 Å². The number of para-hydroxylation sites is 1. The van der Waals surface area contributed by atoms with E-state index in [1.54, 1.807) is 6.07 Å². The Morgan fingerprint density at radius 2 is 2.20 bits per heavy atom. The molecule has 20 heavy (non-hydrogen) atoms. The summed E-state index contributed by atoms with van der Waals surface area (Å²) in [5.41, 5.74) is 2.56. The molecule has 0 aliphatic carbocycles. The van der Waals surface area contributed by atoms with Crippen LogP contribution >= 0.6 is 0 Å². The number of amides is 1. The van der Waals surface area contributed by atoms with Crippen LogP contribution in [-0.4, -0.2) is 35.2 Å². The van der Waals surface area contributed by atoms with Crippen LogP contribution in [0, 0.1) is 6.92 Å². The number of aromatic amines is 1. The molecule has 1 aromatic carbocycles. The van der Waals surface area contributed by atoms with Gasteiger partial charge in [-0.2, -0.15) is 5.10 Å². The SMILES string of the molecule is Cc1cc(C(=O)NC2CCN(c3ccccc3)C2)n[nH]1. The van der Waals surface area contributed by atoms with Crippen molar-refractivity contribution in [3.63, 3.8) is 0 Å². The number of rotatable bonds is 3. The van der Waals surface area contributed by atoms with Crippen LogP contribution in [0.4, 0.5) is 5.69 Å². The number of carbonyl (C=O) groups excluding carboxylic acids is 1. The minimum atomic E-state index is -0.103. The van der Waals surface area contributed by atoms with Crippen LogP contribution in [-0.2, 0) is 0 Å². The van der Waals surface area contributed by atoms with Crippen LogP contribution in [0.5, 0.6) is 0 Å². The second kappa shape index (κ2) is 5.36. The van der Waals surface area contributed by atoms with Gasteiger partial charge in [0.2, 0.25) is 0 Å². The number of hydrogen-bond donors (Lipinski definition) is 2. The van der Waals surface area contributed by atoms with Crippen molar-refractivity contribution in [2.45, 2.75) is 19.4 Å². The highest BCUT2D eigenvalue weighted by Gasteiger charge is 2.24. The normalized spacial score (nSPS) is 18.2. The van der Waals surface area contributed by atoms with Gasteiger partial charge in [-0.25, -0.2) is 0 Å². The summed E-state index contributed by atoms with van der Waals surface area (Å²) in [7, 11) is 0. The lowest BCUT2D eigenvalue weighted by Gasteiger charge is -2.18. The number of anilines is 1. The number of benzene rings is 1. The lowest BCUT2D eigenvalue weighted by molar-refractivity contribution is 0.0935. The van der Waals surface area contributed by atoms with E-state index in [9.17, 15) is 4.79 Å². The van der Waals surface area contributed by atoms with Crippen molar-refractivity contribution in [1.29, 1.82) is 0 Å². The first kappa shape index (κ1) is 12.7. The third-order valence-electron chi connectivity index (χ3n) is 3.58. The number of nitrogens with one attached hydrogen (secondary N) is 2. The number of carbonyl (C=O) groups is 1. The van der Waals surface area contributed by atoms with Crippen molar-refractivity contribution in [2.75, 3.05) is 18.0 Å². The smallest absolute Gasteiger partial charge is 0.272 e. The number of H-pyrrole nitrogens is 1. The summed E-state index contributed by atoms with van der Waals surface area (Å²) in [6.07, 6.45) is 0.962. The number of aryl methyl sites for hydroxylation is 1. The van der Waals surface area contributed by atoms with Crippen LogP contribution in [0.3, 0.4) is 0 Å². The van der Waals surface area contributed by atoms with E-state index in [0.29, 0.717) is 5.69 Å². The molecule has 0 saturated carbocycles. The highest BCUT2D eigenvalue weighted by Crippen LogP contribution is 2.19. The number of nitrogens with zero attached hydrogens (tertiary/aromatic N) is 2. The molecule has 5 heteroatoms. The zero-order chi connectivity index (χ0) is 13.9. The second-order valence-electron chi connectivity index (χ2n) is 5.18. The van der Waals surface area contributed by atoms with E-state index in [0.717, 1.165) is 25.2 Å². The van der Waals surface area contributed by atoms with Gasteiger partial charge in [-0.05, 0) is 31.5 Å².